The summed E-state index contributed by atoms with van der Waals surface area (Å²) >= 11 is 0. The molecule has 26 heavy (non-hydrogen) atoms. The third-order valence-corrected chi connectivity index (χ3v) is 4.03. The molecule has 5 heteroatoms. The van der Waals surface area contributed by atoms with Gasteiger partial charge in [-0.15, -0.1) is 0 Å². The van der Waals surface area contributed by atoms with Crippen molar-refractivity contribution in [3.8, 4) is 5.75 Å². The fourth-order valence-electron chi connectivity index (χ4n) is 2.40. The molecule has 1 aromatic carbocycles. The van der Waals surface area contributed by atoms with Crippen molar-refractivity contribution >= 4 is 17.5 Å². The summed E-state index contributed by atoms with van der Waals surface area (Å²) in [5.41, 5.74) is 2.20. The highest BCUT2D eigenvalue weighted by Crippen LogP contribution is 2.20. The second-order valence-electron chi connectivity index (χ2n) is 6.53. The molecule has 0 bridgehead atoms. The molecule has 138 valence electrons. The summed E-state index contributed by atoms with van der Waals surface area (Å²) in [7, 11) is 0. The van der Waals surface area contributed by atoms with Crippen molar-refractivity contribution in [2.45, 2.75) is 40.5 Å². The first-order valence-corrected chi connectivity index (χ1v) is 8.89. The number of hydrogen-bond acceptors (Lipinski definition) is 5. The first-order chi connectivity index (χ1) is 12.4. The van der Waals surface area contributed by atoms with E-state index in [1.807, 2.05) is 13.8 Å². The Morgan fingerprint density at radius 1 is 1.15 bits per heavy atom. The van der Waals surface area contributed by atoms with Gasteiger partial charge in [0.2, 0.25) is 0 Å². The highest BCUT2D eigenvalue weighted by Gasteiger charge is 2.19. The molecule has 1 aliphatic carbocycles. The van der Waals surface area contributed by atoms with E-state index in [2.05, 4.69) is 12.1 Å². The van der Waals surface area contributed by atoms with Crippen molar-refractivity contribution in [3.63, 3.8) is 0 Å². The monoisotopic (exact) mass is 355 g/mol. The van der Waals surface area contributed by atoms with Crippen LogP contribution in [0.5, 0.6) is 5.75 Å². The molecule has 0 spiro atoms. The molecule has 0 saturated heterocycles. The van der Waals surface area contributed by atoms with Gasteiger partial charge in [0, 0.05) is 5.57 Å². The highest BCUT2D eigenvalue weighted by atomic mass is 16.7. The number of unbranched alkanes of at least 4 members (excludes halogenated alkanes) is 1. The highest BCUT2D eigenvalue weighted by molar-refractivity contribution is 6.21. The van der Waals surface area contributed by atoms with Crippen molar-refractivity contribution < 1.29 is 19.2 Å². The van der Waals surface area contributed by atoms with Gasteiger partial charge >= 0.3 is 5.97 Å². The molecular formula is C21H25NO4. The van der Waals surface area contributed by atoms with Gasteiger partial charge in [-0.1, -0.05) is 32.3 Å². The normalized spacial score (nSPS) is 15.7. The van der Waals surface area contributed by atoms with Gasteiger partial charge in [0.15, 0.2) is 5.78 Å². The molecule has 1 aromatic rings. The molecule has 0 saturated carbocycles. The van der Waals surface area contributed by atoms with Crippen molar-refractivity contribution in [2.24, 2.45) is 11.1 Å². The van der Waals surface area contributed by atoms with E-state index in [1.54, 1.807) is 37.3 Å². The summed E-state index contributed by atoms with van der Waals surface area (Å²) in [6.45, 7) is 8.39. The lowest BCUT2D eigenvalue weighted by molar-refractivity contribution is -0.111. The van der Waals surface area contributed by atoms with Crippen LogP contribution < -0.4 is 4.74 Å². The van der Waals surface area contributed by atoms with Crippen LogP contribution in [0.15, 0.2) is 52.7 Å². The van der Waals surface area contributed by atoms with Gasteiger partial charge in [0.05, 0.1) is 12.2 Å². The Hall–Kier alpha value is -2.69. The van der Waals surface area contributed by atoms with Crippen molar-refractivity contribution in [1.29, 1.82) is 0 Å². The molecule has 0 N–H and O–H groups in total. The summed E-state index contributed by atoms with van der Waals surface area (Å²) in [5, 5.41) is 3.93. The Balaban J connectivity index is 2.04. The van der Waals surface area contributed by atoms with E-state index in [4.69, 9.17) is 9.57 Å². The molecule has 0 aromatic heterocycles. The number of carbonyl (C=O) groups excluding carboxylic acids is 2. The second-order valence-corrected chi connectivity index (χ2v) is 6.53. The minimum Gasteiger partial charge on any atom is -0.494 e. The Kier molecular flexibility index (Phi) is 6.89. The molecule has 1 aliphatic rings. The zero-order chi connectivity index (χ0) is 19.1. The molecule has 0 heterocycles. The zero-order valence-corrected chi connectivity index (χ0v) is 15.7. The van der Waals surface area contributed by atoms with Gasteiger partial charge in [-0.3, -0.25) is 4.79 Å². The minimum absolute atomic E-state index is 0.0264. The molecule has 0 aliphatic heterocycles. The predicted molar refractivity (Wildman–Crippen MR) is 101 cm³/mol. The SMILES string of the molecule is CCCCOc1ccc(C(=O)ON=C2C=C(C(C)C)C(=O)C=C2C)cc1. The van der Waals surface area contributed by atoms with Crippen LogP contribution in [0, 0.1) is 5.92 Å². The summed E-state index contributed by atoms with van der Waals surface area (Å²) in [6.07, 6.45) is 5.25. The summed E-state index contributed by atoms with van der Waals surface area (Å²) in [4.78, 5) is 29.2. The van der Waals surface area contributed by atoms with E-state index in [-0.39, 0.29) is 11.7 Å². The van der Waals surface area contributed by atoms with Crippen LogP contribution in [0.1, 0.15) is 50.9 Å². The number of allylic oxidation sites excluding steroid dienone is 4. The number of hydrogen-bond donors (Lipinski definition) is 0. The number of oxime groups is 1. The van der Waals surface area contributed by atoms with E-state index in [0.29, 0.717) is 29.0 Å². The van der Waals surface area contributed by atoms with Crippen molar-refractivity contribution in [1.82, 2.24) is 0 Å². The third kappa shape index (κ3) is 5.15. The number of benzene rings is 1. The van der Waals surface area contributed by atoms with Crippen LogP contribution in [0.2, 0.25) is 0 Å². The van der Waals surface area contributed by atoms with Gasteiger partial charge in [-0.25, -0.2) is 4.79 Å². The maximum atomic E-state index is 12.2. The van der Waals surface area contributed by atoms with Crippen molar-refractivity contribution in [3.05, 3.63) is 53.1 Å². The minimum atomic E-state index is -0.554. The summed E-state index contributed by atoms with van der Waals surface area (Å²) < 4.78 is 5.57. The Bertz CT molecular complexity index is 755. The van der Waals surface area contributed by atoms with Crippen LogP contribution >= 0.6 is 0 Å². The van der Waals surface area contributed by atoms with E-state index < -0.39 is 5.97 Å². The third-order valence-electron chi connectivity index (χ3n) is 4.03. The maximum Gasteiger partial charge on any atom is 0.365 e. The second kappa shape index (κ2) is 9.13. The van der Waals surface area contributed by atoms with Crippen LogP contribution in [0.25, 0.3) is 0 Å². The molecule has 0 unspecified atom stereocenters. The average molecular weight is 355 g/mol. The van der Waals surface area contributed by atoms with Gasteiger partial charge in [0.25, 0.3) is 0 Å². The van der Waals surface area contributed by atoms with E-state index in [9.17, 15) is 9.59 Å². The van der Waals surface area contributed by atoms with Gasteiger partial charge in [-0.05, 0) is 61.3 Å². The smallest absolute Gasteiger partial charge is 0.365 e. The van der Waals surface area contributed by atoms with Crippen LogP contribution in [0.3, 0.4) is 0 Å². The number of nitrogens with zero attached hydrogens (tertiary/aromatic N) is 1. The van der Waals surface area contributed by atoms with E-state index in [0.717, 1.165) is 18.6 Å². The quantitative estimate of drug-likeness (QED) is 0.313. The lowest BCUT2D eigenvalue weighted by Crippen LogP contribution is -2.16. The Morgan fingerprint density at radius 2 is 1.85 bits per heavy atom. The zero-order valence-electron chi connectivity index (χ0n) is 15.7. The molecule has 0 radical (unpaired) electrons. The number of ketones is 1. The Labute approximate surface area is 154 Å². The molecule has 2 rings (SSSR count). The standard InChI is InChI=1S/C21H25NO4/c1-5-6-11-25-17-9-7-16(8-10-17)21(24)26-22-19-13-18(14(2)3)20(23)12-15(19)4/h7-10,12-14H,5-6,11H2,1-4H3. The average Bonchev–Trinajstić information content (AvgIpc) is 2.61. The molecular weight excluding hydrogens is 330 g/mol. The van der Waals surface area contributed by atoms with Crippen molar-refractivity contribution in [2.75, 3.05) is 6.61 Å². The fraction of sp³-hybridized carbons (Fsp3) is 0.381. The number of carbonyl (C=O) groups is 2. The molecule has 0 amide bonds. The lowest BCUT2D eigenvalue weighted by Gasteiger charge is -2.14. The lowest BCUT2D eigenvalue weighted by atomic mass is 9.90. The summed E-state index contributed by atoms with van der Waals surface area (Å²) in [6, 6.07) is 6.76. The van der Waals surface area contributed by atoms with E-state index >= 15 is 0 Å². The first-order valence-electron chi connectivity index (χ1n) is 8.89. The topological polar surface area (TPSA) is 65.0 Å². The van der Waals surface area contributed by atoms with Gasteiger partial charge < -0.3 is 9.57 Å². The van der Waals surface area contributed by atoms with E-state index in [1.165, 1.54) is 6.08 Å². The fourth-order valence-corrected chi connectivity index (χ4v) is 2.40. The Morgan fingerprint density at radius 3 is 2.46 bits per heavy atom. The molecule has 0 fully saturated rings. The number of rotatable bonds is 7. The van der Waals surface area contributed by atoms with Gasteiger partial charge in [0.1, 0.15) is 11.5 Å². The molecule has 0 atom stereocenters. The van der Waals surface area contributed by atoms with Gasteiger partial charge in [-0.2, -0.15) is 0 Å². The maximum absolute atomic E-state index is 12.2. The van der Waals surface area contributed by atoms with Crippen LogP contribution in [-0.4, -0.2) is 24.1 Å². The predicted octanol–water partition coefficient (Wildman–Crippen LogP) is 4.49. The summed E-state index contributed by atoms with van der Waals surface area (Å²) in [5.74, 6) is 0.214. The van der Waals surface area contributed by atoms with Crippen LogP contribution in [-0.2, 0) is 9.63 Å². The number of ether oxygens (including phenoxy) is 1. The first kappa shape index (κ1) is 19.6. The molecule has 5 nitrogen and oxygen atoms in total. The van der Waals surface area contributed by atoms with Crippen LogP contribution in [0.4, 0.5) is 0 Å². The largest absolute Gasteiger partial charge is 0.494 e.